The summed E-state index contributed by atoms with van der Waals surface area (Å²) >= 11 is 6.36. The Morgan fingerprint density at radius 1 is 1.43 bits per heavy atom. The van der Waals surface area contributed by atoms with E-state index in [4.69, 9.17) is 22.1 Å². The van der Waals surface area contributed by atoms with Crippen LogP contribution >= 0.6 is 11.6 Å². The summed E-state index contributed by atoms with van der Waals surface area (Å²) < 4.78 is 23.9. The van der Waals surface area contributed by atoms with Crippen molar-refractivity contribution in [1.82, 2.24) is 24.2 Å². The number of amides is 2. The largest absolute Gasteiger partial charge is 0.383 e. The van der Waals surface area contributed by atoms with Crippen molar-refractivity contribution in [3.63, 3.8) is 0 Å². The number of likely N-dealkylation sites (tertiary alicyclic amines) is 1. The van der Waals surface area contributed by atoms with E-state index in [0.29, 0.717) is 36.7 Å². The van der Waals surface area contributed by atoms with Crippen LogP contribution in [-0.2, 0) is 16.6 Å². The van der Waals surface area contributed by atoms with Gasteiger partial charge in [-0.1, -0.05) is 24.1 Å². The fourth-order valence-electron chi connectivity index (χ4n) is 4.67. The number of nitrogens with one attached hydrogen (secondary N) is 1. The summed E-state index contributed by atoms with van der Waals surface area (Å²) in [4.78, 5) is 30.7. The normalized spacial score (nSPS) is 17.1. The number of hydrogen-bond donors (Lipinski definition) is 2. The SMILES string of the molecule is C=CC(=O)N1CC(n2nc(C#Cc3c(Cl)cc4c(nc(C)n4C)c3F)c(C(N)=O)c2NC)C[C@@H]1COC. The van der Waals surface area contributed by atoms with E-state index in [-0.39, 0.29) is 45.4 Å². The van der Waals surface area contributed by atoms with Crippen molar-refractivity contribution in [2.75, 3.05) is 32.6 Å². The summed E-state index contributed by atoms with van der Waals surface area (Å²) in [5.74, 6) is 4.80. The Morgan fingerprint density at radius 2 is 2.16 bits per heavy atom. The highest BCUT2D eigenvalue weighted by Crippen LogP contribution is 2.33. The highest BCUT2D eigenvalue weighted by atomic mass is 35.5. The molecule has 3 heterocycles. The topological polar surface area (TPSA) is 120 Å². The van der Waals surface area contributed by atoms with Gasteiger partial charge in [0.15, 0.2) is 11.5 Å². The lowest BCUT2D eigenvalue weighted by Crippen LogP contribution is -2.37. The van der Waals surface area contributed by atoms with Crippen LogP contribution in [0.15, 0.2) is 18.7 Å². The summed E-state index contributed by atoms with van der Waals surface area (Å²) in [6.45, 7) is 5.97. The van der Waals surface area contributed by atoms with Crippen molar-refractivity contribution in [3.05, 3.63) is 52.2 Å². The Balaban J connectivity index is 1.80. The van der Waals surface area contributed by atoms with E-state index in [1.807, 2.05) is 0 Å². The number of halogens is 2. The Labute approximate surface area is 218 Å². The van der Waals surface area contributed by atoms with E-state index < -0.39 is 11.7 Å². The molecule has 1 aliphatic rings. The molecule has 12 heteroatoms. The van der Waals surface area contributed by atoms with Crippen LogP contribution in [0.2, 0.25) is 5.02 Å². The van der Waals surface area contributed by atoms with Crippen LogP contribution in [0.5, 0.6) is 0 Å². The first kappa shape index (κ1) is 26.2. The predicted molar refractivity (Wildman–Crippen MR) is 138 cm³/mol. The molecule has 0 spiro atoms. The minimum absolute atomic E-state index is 0.0538. The average Bonchev–Trinajstić information content (AvgIpc) is 3.53. The monoisotopic (exact) mass is 527 g/mol. The number of nitrogens with zero attached hydrogens (tertiary/aromatic N) is 5. The van der Waals surface area contributed by atoms with Gasteiger partial charge in [0.25, 0.3) is 5.91 Å². The summed E-state index contributed by atoms with van der Waals surface area (Å²) in [5, 5.41) is 7.61. The van der Waals surface area contributed by atoms with Crippen molar-refractivity contribution in [3.8, 4) is 11.8 Å². The Hall–Kier alpha value is -3.88. The van der Waals surface area contributed by atoms with E-state index in [2.05, 4.69) is 33.8 Å². The first-order valence-corrected chi connectivity index (χ1v) is 11.9. The maximum absolute atomic E-state index is 15.3. The van der Waals surface area contributed by atoms with Gasteiger partial charge in [-0.2, -0.15) is 5.10 Å². The second kappa shape index (κ2) is 10.2. The fraction of sp³-hybridized carbons (Fsp3) is 0.360. The average molecular weight is 528 g/mol. The number of methoxy groups -OCH3 is 1. The Bertz CT molecular complexity index is 1480. The highest BCUT2D eigenvalue weighted by Gasteiger charge is 2.37. The molecule has 1 unspecified atom stereocenters. The van der Waals surface area contributed by atoms with Crippen LogP contribution in [0.3, 0.4) is 0 Å². The molecular weight excluding hydrogens is 501 g/mol. The zero-order chi connectivity index (χ0) is 27.0. The maximum Gasteiger partial charge on any atom is 0.255 e. The summed E-state index contributed by atoms with van der Waals surface area (Å²) in [5.41, 5.74) is 6.42. The third kappa shape index (κ3) is 4.54. The van der Waals surface area contributed by atoms with Crippen LogP contribution in [0.4, 0.5) is 10.2 Å². The second-order valence-corrected chi connectivity index (χ2v) is 9.11. The van der Waals surface area contributed by atoms with Gasteiger partial charge >= 0.3 is 0 Å². The van der Waals surface area contributed by atoms with Crippen LogP contribution in [-0.4, -0.2) is 69.4 Å². The van der Waals surface area contributed by atoms with Gasteiger partial charge in [0.05, 0.1) is 34.8 Å². The van der Waals surface area contributed by atoms with Crippen molar-refractivity contribution >= 4 is 40.3 Å². The number of carbonyl (C=O) groups is 2. The van der Waals surface area contributed by atoms with Gasteiger partial charge in [-0.3, -0.25) is 9.59 Å². The molecule has 0 bridgehead atoms. The van der Waals surface area contributed by atoms with Crippen LogP contribution in [0, 0.1) is 24.6 Å². The Kier molecular flexibility index (Phi) is 7.25. The molecule has 4 rings (SSSR count). The minimum Gasteiger partial charge on any atom is -0.383 e. The zero-order valence-corrected chi connectivity index (χ0v) is 21.7. The summed E-state index contributed by atoms with van der Waals surface area (Å²) in [7, 11) is 4.95. The molecular formula is C25H27ClFN7O3. The molecule has 1 fully saturated rings. The quantitative estimate of drug-likeness (QED) is 0.375. The molecule has 1 aliphatic heterocycles. The van der Waals surface area contributed by atoms with Crippen LogP contribution < -0.4 is 11.1 Å². The number of carbonyl (C=O) groups excluding carboxylic acids is 2. The van der Waals surface area contributed by atoms with Gasteiger partial charge in [-0.05, 0) is 31.4 Å². The molecule has 194 valence electrons. The van der Waals surface area contributed by atoms with Crippen LogP contribution in [0.25, 0.3) is 11.0 Å². The first-order valence-electron chi connectivity index (χ1n) is 11.5. The highest BCUT2D eigenvalue weighted by molar-refractivity contribution is 6.32. The first-order chi connectivity index (χ1) is 17.6. The lowest BCUT2D eigenvalue weighted by molar-refractivity contribution is -0.127. The van der Waals surface area contributed by atoms with Gasteiger partial charge in [-0.25, -0.2) is 14.1 Å². The van der Waals surface area contributed by atoms with E-state index >= 15 is 4.39 Å². The third-order valence-electron chi connectivity index (χ3n) is 6.55. The second-order valence-electron chi connectivity index (χ2n) is 8.71. The lowest BCUT2D eigenvalue weighted by atomic mass is 10.1. The molecule has 10 nitrogen and oxygen atoms in total. The number of hydrogen-bond acceptors (Lipinski definition) is 6. The number of ether oxygens (including phenoxy) is 1. The number of anilines is 1. The standard InChI is InChI=1S/C25H27ClFN7O3/c1-6-20(35)33-11-14(9-15(33)12-37-5)34-25(29-3)21(24(28)36)18(31-34)8-7-16-17(26)10-19-23(22(16)27)30-13(2)32(19)4/h6,10,14-15,29H,1,9,11-12H2,2-5H3,(H2,28,36)/t14?,15-/m1/s1. The smallest absolute Gasteiger partial charge is 0.255 e. The third-order valence-corrected chi connectivity index (χ3v) is 6.85. The van der Waals surface area contributed by atoms with E-state index in [9.17, 15) is 9.59 Å². The number of fused-ring (bicyclic) bond motifs is 1. The molecule has 2 atom stereocenters. The Morgan fingerprint density at radius 3 is 2.78 bits per heavy atom. The van der Waals surface area contributed by atoms with Gasteiger partial charge in [0.2, 0.25) is 5.91 Å². The van der Waals surface area contributed by atoms with Crippen molar-refractivity contribution in [1.29, 1.82) is 0 Å². The predicted octanol–water partition coefficient (Wildman–Crippen LogP) is 2.39. The molecule has 3 aromatic rings. The number of nitrogens with two attached hydrogens (primary N) is 1. The number of aromatic nitrogens is 4. The molecule has 2 aromatic heterocycles. The molecule has 37 heavy (non-hydrogen) atoms. The number of imidazole rings is 1. The lowest BCUT2D eigenvalue weighted by Gasteiger charge is -2.22. The number of rotatable bonds is 6. The molecule has 0 aliphatic carbocycles. The van der Waals surface area contributed by atoms with Crippen molar-refractivity contribution < 1.29 is 18.7 Å². The molecule has 0 saturated carbocycles. The number of primary amides is 1. The van der Waals surface area contributed by atoms with E-state index in [1.165, 1.54) is 6.08 Å². The van der Waals surface area contributed by atoms with Gasteiger partial charge in [0.1, 0.15) is 22.7 Å². The number of aryl methyl sites for hydroxylation is 2. The van der Waals surface area contributed by atoms with Crippen molar-refractivity contribution in [2.24, 2.45) is 12.8 Å². The van der Waals surface area contributed by atoms with Crippen molar-refractivity contribution in [2.45, 2.75) is 25.4 Å². The van der Waals surface area contributed by atoms with E-state index in [0.717, 1.165) is 0 Å². The molecule has 1 saturated heterocycles. The fourth-order valence-corrected chi connectivity index (χ4v) is 4.91. The number of benzene rings is 1. The summed E-state index contributed by atoms with van der Waals surface area (Å²) in [6, 6.07) is 1.09. The minimum atomic E-state index is -0.757. The van der Waals surface area contributed by atoms with Crippen LogP contribution in [0.1, 0.15) is 39.9 Å². The molecule has 1 aromatic carbocycles. The van der Waals surface area contributed by atoms with Gasteiger partial charge < -0.3 is 25.3 Å². The maximum atomic E-state index is 15.3. The zero-order valence-electron chi connectivity index (χ0n) is 20.9. The molecule has 2 amide bonds. The van der Waals surface area contributed by atoms with E-state index in [1.54, 1.807) is 48.3 Å². The van der Waals surface area contributed by atoms with Gasteiger partial charge in [-0.15, -0.1) is 0 Å². The molecule has 0 radical (unpaired) electrons. The summed E-state index contributed by atoms with van der Waals surface area (Å²) in [6.07, 6.45) is 1.77. The molecule has 3 N–H and O–H groups in total. The van der Waals surface area contributed by atoms with Gasteiger partial charge in [0, 0.05) is 27.7 Å².